The summed E-state index contributed by atoms with van der Waals surface area (Å²) in [5, 5.41) is 4.10. The number of hydrogen-bond donors (Lipinski definition) is 0. The van der Waals surface area contributed by atoms with Crippen molar-refractivity contribution in [3.63, 3.8) is 0 Å². The molecule has 0 saturated carbocycles. The zero-order chi connectivity index (χ0) is 31.6. The van der Waals surface area contributed by atoms with Gasteiger partial charge in [-0.15, -0.1) is 0 Å². The van der Waals surface area contributed by atoms with Crippen LogP contribution >= 0.6 is 0 Å². The third kappa shape index (κ3) is 4.22. The Morgan fingerprint density at radius 2 is 0.958 bits per heavy atom. The van der Waals surface area contributed by atoms with E-state index in [-0.39, 0.29) is 0 Å². The lowest BCUT2D eigenvalue weighted by Crippen LogP contribution is -2.09. The van der Waals surface area contributed by atoms with Gasteiger partial charge in [-0.2, -0.15) is 0 Å². The highest BCUT2D eigenvalue weighted by Gasteiger charge is 2.20. The molecule has 0 unspecified atom stereocenters. The summed E-state index contributed by atoms with van der Waals surface area (Å²) >= 11 is 0. The molecule has 0 saturated heterocycles. The third-order valence-corrected chi connectivity index (χ3v) is 9.11. The van der Waals surface area contributed by atoms with Crippen molar-refractivity contribution in [1.29, 1.82) is 0 Å². The van der Waals surface area contributed by atoms with Crippen LogP contribution in [0.15, 0.2) is 171 Å². The molecule has 7 aromatic carbocycles. The molecule has 48 heavy (non-hydrogen) atoms. The smallest absolute Gasteiger partial charge is 0.227 e. The summed E-state index contributed by atoms with van der Waals surface area (Å²) in [6, 6.07) is 54.0. The van der Waals surface area contributed by atoms with Gasteiger partial charge in [0.05, 0.1) is 5.39 Å². The van der Waals surface area contributed by atoms with Crippen molar-refractivity contribution in [2.45, 2.75) is 0 Å². The molecule has 0 bridgehead atoms. The standard InChI is InChI=1S/C43H26N2O3/c1-3-9-27(10-4-1)28-15-17-30(18-16-28)45(32-19-21-34-33-13-7-8-14-36(33)47-40(34)26-32)31-20-22-37-35(25-31)41-38(46-37)23-24-39-42(41)44-43(48-39)29-11-5-2-6-12-29/h1-26H. The van der Waals surface area contributed by atoms with Crippen molar-refractivity contribution in [3.8, 4) is 22.6 Å². The molecule has 0 spiro atoms. The van der Waals surface area contributed by atoms with Crippen molar-refractivity contribution in [1.82, 2.24) is 4.98 Å². The summed E-state index contributed by atoms with van der Waals surface area (Å²) in [4.78, 5) is 7.23. The molecular formula is C43H26N2O3. The monoisotopic (exact) mass is 618 g/mol. The molecule has 10 aromatic rings. The van der Waals surface area contributed by atoms with E-state index in [0.717, 1.165) is 83.2 Å². The van der Waals surface area contributed by atoms with Gasteiger partial charge in [-0.05, 0) is 83.9 Å². The molecule has 226 valence electrons. The maximum atomic E-state index is 6.36. The highest BCUT2D eigenvalue weighted by Crippen LogP contribution is 2.43. The minimum Gasteiger partial charge on any atom is -0.456 e. The molecule has 0 aliphatic heterocycles. The number of anilines is 3. The molecular weight excluding hydrogens is 592 g/mol. The Morgan fingerprint density at radius 1 is 0.375 bits per heavy atom. The summed E-state index contributed by atoms with van der Waals surface area (Å²) in [6.45, 7) is 0. The van der Waals surface area contributed by atoms with Gasteiger partial charge in [0.15, 0.2) is 5.58 Å². The van der Waals surface area contributed by atoms with E-state index in [9.17, 15) is 0 Å². The van der Waals surface area contributed by atoms with E-state index in [1.165, 1.54) is 5.56 Å². The second kappa shape index (κ2) is 10.5. The number of oxazole rings is 1. The molecule has 0 amide bonds. The number of benzene rings is 7. The average molecular weight is 619 g/mol. The summed E-state index contributed by atoms with van der Waals surface area (Å²) < 4.78 is 18.9. The molecule has 3 aromatic heterocycles. The molecule has 5 nitrogen and oxygen atoms in total. The Bertz CT molecular complexity index is 2770. The molecule has 10 rings (SSSR count). The highest BCUT2D eigenvalue weighted by atomic mass is 16.4. The first kappa shape index (κ1) is 26.6. The van der Waals surface area contributed by atoms with Crippen molar-refractivity contribution < 1.29 is 13.3 Å². The normalized spacial score (nSPS) is 11.8. The van der Waals surface area contributed by atoms with E-state index in [1.807, 2.05) is 72.8 Å². The summed E-state index contributed by atoms with van der Waals surface area (Å²) in [5.41, 5.74) is 11.0. The first-order valence-electron chi connectivity index (χ1n) is 15.9. The van der Waals surface area contributed by atoms with Crippen molar-refractivity contribution in [3.05, 3.63) is 158 Å². The number of nitrogens with zero attached hydrogens (tertiary/aromatic N) is 2. The van der Waals surface area contributed by atoms with E-state index < -0.39 is 0 Å². The zero-order valence-electron chi connectivity index (χ0n) is 25.6. The Morgan fingerprint density at radius 3 is 1.79 bits per heavy atom. The number of aromatic nitrogens is 1. The number of para-hydroxylation sites is 1. The van der Waals surface area contributed by atoms with Gasteiger partial charge >= 0.3 is 0 Å². The van der Waals surface area contributed by atoms with Crippen molar-refractivity contribution in [2.24, 2.45) is 0 Å². The Labute approximate surface area is 274 Å². The predicted molar refractivity (Wildman–Crippen MR) is 194 cm³/mol. The van der Waals surface area contributed by atoms with Gasteiger partial charge < -0.3 is 18.2 Å². The summed E-state index contributed by atoms with van der Waals surface area (Å²) in [5.74, 6) is 0.586. The fourth-order valence-electron chi connectivity index (χ4n) is 6.82. The maximum Gasteiger partial charge on any atom is 0.227 e. The fourth-order valence-corrected chi connectivity index (χ4v) is 6.82. The third-order valence-electron chi connectivity index (χ3n) is 9.11. The van der Waals surface area contributed by atoms with Crippen molar-refractivity contribution >= 4 is 72.0 Å². The van der Waals surface area contributed by atoms with Gasteiger partial charge in [-0.1, -0.05) is 78.9 Å². The van der Waals surface area contributed by atoms with Crippen LogP contribution in [0.25, 0.3) is 77.6 Å². The predicted octanol–water partition coefficient (Wildman–Crippen LogP) is 12.4. The second-order valence-corrected chi connectivity index (χ2v) is 12.0. The minimum atomic E-state index is 0.586. The van der Waals surface area contributed by atoms with E-state index in [4.69, 9.17) is 18.2 Å². The zero-order valence-corrected chi connectivity index (χ0v) is 25.6. The van der Waals surface area contributed by atoms with Crippen LogP contribution in [0.5, 0.6) is 0 Å². The van der Waals surface area contributed by atoms with Gasteiger partial charge in [-0.25, -0.2) is 4.98 Å². The molecule has 0 fully saturated rings. The van der Waals surface area contributed by atoms with Gasteiger partial charge in [0.25, 0.3) is 0 Å². The van der Waals surface area contributed by atoms with Crippen LogP contribution in [0.1, 0.15) is 0 Å². The summed E-state index contributed by atoms with van der Waals surface area (Å²) in [6.07, 6.45) is 0. The first-order valence-corrected chi connectivity index (χ1v) is 15.9. The Hall–Kier alpha value is -6.59. The lowest BCUT2D eigenvalue weighted by Gasteiger charge is -2.25. The van der Waals surface area contributed by atoms with Crippen LogP contribution in [0.2, 0.25) is 0 Å². The lowest BCUT2D eigenvalue weighted by atomic mass is 10.0. The molecule has 0 aliphatic rings. The molecule has 3 heterocycles. The number of furan rings is 2. The van der Waals surface area contributed by atoms with Crippen molar-refractivity contribution in [2.75, 3.05) is 4.90 Å². The van der Waals surface area contributed by atoms with Crippen LogP contribution in [-0.4, -0.2) is 4.98 Å². The van der Waals surface area contributed by atoms with Gasteiger partial charge in [0.2, 0.25) is 5.89 Å². The Kier molecular flexibility index (Phi) is 5.81. The fraction of sp³-hybridized carbons (Fsp3) is 0. The number of fused-ring (bicyclic) bond motifs is 8. The van der Waals surface area contributed by atoms with Crippen LogP contribution in [0.4, 0.5) is 17.1 Å². The first-order chi connectivity index (χ1) is 23.8. The molecule has 0 aliphatic carbocycles. The molecule has 0 N–H and O–H groups in total. The summed E-state index contributed by atoms with van der Waals surface area (Å²) in [7, 11) is 0. The van der Waals surface area contributed by atoms with Gasteiger partial charge in [0.1, 0.15) is 27.8 Å². The maximum absolute atomic E-state index is 6.36. The molecule has 0 radical (unpaired) electrons. The molecule has 0 atom stereocenters. The van der Waals surface area contributed by atoms with E-state index >= 15 is 0 Å². The SMILES string of the molecule is c1ccc(-c2ccc(N(c3ccc4c(c3)oc3ccccc34)c3ccc4oc5ccc6oc(-c7ccccc7)nc6c5c4c3)cc2)cc1. The minimum absolute atomic E-state index is 0.586. The van der Waals surface area contributed by atoms with E-state index in [2.05, 4.69) is 89.8 Å². The van der Waals surface area contributed by atoms with E-state index in [0.29, 0.717) is 5.89 Å². The number of hydrogen-bond acceptors (Lipinski definition) is 5. The van der Waals surface area contributed by atoms with Crippen LogP contribution < -0.4 is 4.90 Å². The molecule has 5 heteroatoms. The van der Waals surface area contributed by atoms with Crippen LogP contribution in [0.3, 0.4) is 0 Å². The largest absolute Gasteiger partial charge is 0.456 e. The average Bonchev–Trinajstić information content (AvgIpc) is 3.85. The Balaban J connectivity index is 1.17. The van der Waals surface area contributed by atoms with Gasteiger partial charge in [0, 0.05) is 44.9 Å². The van der Waals surface area contributed by atoms with Gasteiger partial charge in [-0.3, -0.25) is 0 Å². The van der Waals surface area contributed by atoms with E-state index in [1.54, 1.807) is 0 Å². The second-order valence-electron chi connectivity index (χ2n) is 12.0. The van der Waals surface area contributed by atoms with Crippen LogP contribution in [-0.2, 0) is 0 Å². The van der Waals surface area contributed by atoms with Crippen LogP contribution in [0, 0.1) is 0 Å². The topological polar surface area (TPSA) is 55.6 Å². The quantitative estimate of drug-likeness (QED) is 0.192. The lowest BCUT2D eigenvalue weighted by molar-refractivity contribution is 0.619. The highest BCUT2D eigenvalue weighted by molar-refractivity contribution is 6.17. The number of rotatable bonds is 5.